The number of carbonyl (C=O) groups excluding carboxylic acids is 4. The van der Waals surface area contributed by atoms with Gasteiger partial charge in [-0.15, -0.1) is 0 Å². The van der Waals surface area contributed by atoms with Gasteiger partial charge in [0.25, 0.3) is 0 Å². The summed E-state index contributed by atoms with van der Waals surface area (Å²) in [6.45, 7) is 9.14. The Morgan fingerprint density at radius 3 is 2.53 bits per heavy atom. The van der Waals surface area contributed by atoms with Gasteiger partial charge in [0.05, 0.1) is 6.61 Å². The molecule has 1 aromatic rings. The summed E-state index contributed by atoms with van der Waals surface area (Å²) < 4.78 is 5.09. The molecule has 0 atom stereocenters. The Bertz CT molecular complexity index is 901. The molecule has 34 heavy (non-hydrogen) atoms. The number of H-pyrrole nitrogens is 1. The fourth-order valence-electron chi connectivity index (χ4n) is 4.92. The lowest BCUT2D eigenvalue weighted by atomic mass is 9.95. The highest BCUT2D eigenvalue weighted by atomic mass is 16.5. The molecule has 2 aliphatic heterocycles. The van der Waals surface area contributed by atoms with Gasteiger partial charge in [0.15, 0.2) is 0 Å². The molecule has 0 bridgehead atoms. The minimum atomic E-state index is -0.370. The van der Waals surface area contributed by atoms with Crippen LogP contribution in [0, 0.1) is 19.8 Å². The minimum absolute atomic E-state index is 0.0462. The number of esters is 1. The Hall–Kier alpha value is -2.84. The number of amides is 3. The Kier molecular flexibility index (Phi) is 9.12. The van der Waals surface area contributed by atoms with E-state index in [1.807, 2.05) is 23.6 Å². The molecule has 0 spiro atoms. The van der Waals surface area contributed by atoms with Crippen molar-refractivity contribution in [2.75, 3.05) is 39.3 Å². The first-order valence-corrected chi connectivity index (χ1v) is 12.5. The molecule has 0 unspecified atom stereocenters. The van der Waals surface area contributed by atoms with Crippen molar-refractivity contribution in [3.8, 4) is 0 Å². The molecule has 0 radical (unpaired) electrons. The number of likely N-dealkylation sites (tertiary alicyclic amines) is 2. The molecular weight excluding hydrogens is 436 g/mol. The highest BCUT2D eigenvalue weighted by molar-refractivity contribution is 5.90. The van der Waals surface area contributed by atoms with Crippen LogP contribution < -0.4 is 5.32 Å². The summed E-state index contributed by atoms with van der Waals surface area (Å²) in [7, 11) is 0. The smallest absolute Gasteiger partial charge is 0.355 e. The zero-order chi connectivity index (χ0) is 24.7. The van der Waals surface area contributed by atoms with Crippen LogP contribution in [0.2, 0.25) is 0 Å². The lowest BCUT2D eigenvalue weighted by Crippen LogP contribution is -2.43. The zero-order valence-corrected chi connectivity index (χ0v) is 20.7. The van der Waals surface area contributed by atoms with Crippen molar-refractivity contribution in [2.45, 2.75) is 65.7 Å². The summed E-state index contributed by atoms with van der Waals surface area (Å²) in [5.41, 5.74) is 3.17. The van der Waals surface area contributed by atoms with Gasteiger partial charge in [-0.2, -0.15) is 0 Å². The van der Waals surface area contributed by atoms with E-state index in [-0.39, 0.29) is 29.6 Å². The maximum Gasteiger partial charge on any atom is 0.355 e. The fraction of sp³-hybridized carbons (Fsp3) is 0.680. The van der Waals surface area contributed by atoms with Gasteiger partial charge < -0.3 is 24.8 Å². The highest BCUT2D eigenvalue weighted by Crippen LogP contribution is 2.22. The van der Waals surface area contributed by atoms with Gasteiger partial charge in [0.1, 0.15) is 5.69 Å². The van der Waals surface area contributed by atoms with Crippen molar-refractivity contribution in [2.24, 2.45) is 5.92 Å². The molecule has 188 valence electrons. The molecule has 2 saturated heterocycles. The number of rotatable bonds is 10. The number of nitrogens with one attached hydrogen (secondary N) is 2. The van der Waals surface area contributed by atoms with Crippen LogP contribution in [-0.4, -0.2) is 77.8 Å². The normalized spacial score (nSPS) is 16.7. The van der Waals surface area contributed by atoms with E-state index < -0.39 is 0 Å². The number of hydrogen-bond donors (Lipinski definition) is 2. The lowest BCUT2D eigenvalue weighted by Gasteiger charge is -2.31. The third-order valence-corrected chi connectivity index (χ3v) is 6.96. The Balaban J connectivity index is 1.38. The van der Waals surface area contributed by atoms with Gasteiger partial charge in [-0.1, -0.05) is 0 Å². The second-order valence-electron chi connectivity index (χ2n) is 9.23. The molecule has 2 fully saturated rings. The van der Waals surface area contributed by atoms with Crippen molar-refractivity contribution in [3.63, 3.8) is 0 Å². The SMILES string of the molecule is CCOC(=O)c1[nH]c(C)c(CCC(=O)N2CCC(C(=O)NCCCN3CCCC3=O)CC2)c1C. The van der Waals surface area contributed by atoms with Crippen LogP contribution in [0.4, 0.5) is 0 Å². The first-order chi connectivity index (χ1) is 16.3. The molecule has 3 rings (SSSR count). The average molecular weight is 475 g/mol. The average Bonchev–Trinajstić information content (AvgIpc) is 3.36. The van der Waals surface area contributed by atoms with Crippen LogP contribution in [0.3, 0.4) is 0 Å². The first kappa shape index (κ1) is 25.8. The van der Waals surface area contributed by atoms with E-state index >= 15 is 0 Å². The van der Waals surface area contributed by atoms with Crippen molar-refractivity contribution >= 4 is 23.7 Å². The van der Waals surface area contributed by atoms with Crippen LogP contribution >= 0.6 is 0 Å². The van der Waals surface area contributed by atoms with E-state index in [0.717, 1.165) is 36.2 Å². The zero-order valence-electron chi connectivity index (χ0n) is 20.7. The molecule has 0 saturated carbocycles. The van der Waals surface area contributed by atoms with E-state index in [4.69, 9.17) is 4.74 Å². The number of nitrogens with zero attached hydrogens (tertiary/aromatic N) is 2. The van der Waals surface area contributed by atoms with Gasteiger partial charge in [0, 0.05) is 57.2 Å². The maximum absolute atomic E-state index is 12.8. The van der Waals surface area contributed by atoms with E-state index in [1.165, 1.54) is 0 Å². The standard InChI is InChI=1S/C25H38N4O5/c1-4-34-25(33)23-17(2)20(18(3)27-23)8-9-22(31)29-15-10-19(11-16-29)24(32)26-12-6-14-28-13-5-7-21(28)30/h19,27H,4-16H2,1-3H3,(H,26,32). The van der Waals surface area contributed by atoms with Crippen LogP contribution in [0.1, 0.15) is 72.8 Å². The van der Waals surface area contributed by atoms with Gasteiger partial charge in [-0.05, 0) is 64.0 Å². The summed E-state index contributed by atoms with van der Waals surface area (Å²) >= 11 is 0. The van der Waals surface area contributed by atoms with E-state index in [2.05, 4.69) is 10.3 Å². The van der Waals surface area contributed by atoms with Gasteiger partial charge in [-0.25, -0.2) is 4.79 Å². The number of ether oxygens (including phenoxy) is 1. The maximum atomic E-state index is 12.8. The number of piperidine rings is 1. The van der Waals surface area contributed by atoms with E-state index in [9.17, 15) is 19.2 Å². The molecule has 3 heterocycles. The predicted molar refractivity (Wildman–Crippen MR) is 127 cm³/mol. The van der Waals surface area contributed by atoms with Crippen LogP contribution in [0.5, 0.6) is 0 Å². The van der Waals surface area contributed by atoms with E-state index in [0.29, 0.717) is 70.6 Å². The number of aryl methyl sites for hydroxylation is 1. The number of hydrogen-bond acceptors (Lipinski definition) is 5. The third-order valence-electron chi connectivity index (χ3n) is 6.96. The summed E-state index contributed by atoms with van der Waals surface area (Å²) in [5.74, 6) is -0.106. The summed E-state index contributed by atoms with van der Waals surface area (Å²) in [6.07, 6.45) is 4.60. The molecule has 3 amide bonds. The highest BCUT2D eigenvalue weighted by Gasteiger charge is 2.28. The van der Waals surface area contributed by atoms with Crippen LogP contribution in [0.25, 0.3) is 0 Å². The second kappa shape index (κ2) is 12.0. The molecule has 0 aliphatic carbocycles. The molecular formula is C25H38N4O5. The van der Waals surface area contributed by atoms with Crippen LogP contribution in [0.15, 0.2) is 0 Å². The van der Waals surface area contributed by atoms with Crippen molar-refractivity contribution in [1.29, 1.82) is 0 Å². The van der Waals surface area contributed by atoms with E-state index in [1.54, 1.807) is 6.92 Å². The van der Waals surface area contributed by atoms with Gasteiger partial charge >= 0.3 is 5.97 Å². The summed E-state index contributed by atoms with van der Waals surface area (Å²) in [5, 5.41) is 2.99. The predicted octanol–water partition coefficient (Wildman–Crippen LogP) is 2.11. The quantitative estimate of drug-likeness (QED) is 0.398. The third kappa shape index (κ3) is 6.39. The molecule has 0 aromatic carbocycles. The molecule has 2 N–H and O–H groups in total. The minimum Gasteiger partial charge on any atom is -0.461 e. The first-order valence-electron chi connectivity index (χ1n) is 12.5. The topological polar surface area (TPSA) is 112 Å². The number of carbonyl (C=O) groups is 4. The molecule has 9 heteroatoms. The largest absolute Gasteiger partial charge is 0.461 e. The Morgan fingerprint density at radius 2 is 1.88 bits per heavy atom. The van der Waals surface area contributed by atoms with Crippen molar-refractivity contribution < 1.29 is 23.9 Å². The van der Waals surface area contributed by atoms with Crippen molar-refractivity contribution in [3.05, 3.63) is 22.5 Å². The number of aromatic amines is 1. The molecule has 9 nitrogen and oxygen atoms in total. The molecule has 2 aliphatic rings. The summed E-state index contributed by atoms with van der Waals surface area (Å²) in [6, 6.07) is 0. The monoisotopic (exact) mass is 474 g/mol. The Labute approximate surface area is 201 Å². The summed E-state index contributed by atoms with van der Waals surface area (Å²) in [4.78, 5) is 55.8. The van der Waals surface area contributed by atoms with Crippen LogP contribution in [-0.2, 0) is 25.5 Å². The van der Waals surface area contributed by atoms with Gasteiger partial charge in [-0.3, -0.25) is 14.4 Å². The second-order valence-corrected chi connectivity index (χ2v) is 9.23. The Morgan fingerprint density at radius 1 is 1.15 bits per heavy atom. The fourth-order valence-corrected chi connectivity index (χ4v) is 4.92. The number of aromatic nitrogens is 1. The van der Waals surface area contributed by atoms with Crippen molar-refractivity contribution in [1.82, 2.24) is 20.1 Å². The van der Waals surface area contributed by atoms with Gasteiger partial charge in [0.2, 0.25) is 17.7 Å². The lowest BCUT2D eigenvalue weighted by molar-refractivity contribution is -0.135. The molecule has 1 aromatic heterocycles.